The average molecular weight is 260 g/mol. The lowest BCUT2D eigenvalue weighted by molar-refractivity contribution is 0.101. The Morgan fingerprint density at radius 3 is 2.76 bits per heavy atom. The van der Waals surface area contributed by atoms with Crippen molar-refractivity contribution in [1.82, 2.24) is 9.97 Å². The fraction of sp³-hybridized carbons (Fsp3) is 0.0833. The molecule has 0 aliphatic heterocycles. The topological polar surface area (TPSA) is 42.9 Å². The maximum absolute atomic E-state index is 11.2. The summed E-state index contributed by atoms with van der Waals surface area (Å²) in [6.45, 7) is 1.53. The highest BCUT2D eigenvalue weighted by atomic mass is 32.1. The first-order valence-electron chi connectivity index (χ1n) is 5.06. The molecular formula is C12H8N2OS2. The maximum Gasteiger partial charge on any atom is 0.188 e. The lowest BCUT2D eigenvalue weighted by Gasteiger charge is -1.85. The van der Waals surface area contributed by atoms with Gasteiger partial charge < -0.3 is 0 Å². The highest BCUT2D eigenvalue weighted by molar-refractivity contribution is 7.22. The largest absolute Gasteiger partial charge is 0.292 e. The summed E-state index contributed by atoms with van der Waals surface area (Å²) in [4.78, 5) is 20.0. The number of fused-ring (bicyclic) bond motifs is 1. The molecule has 0 radical (unpaired) electrons. The van der Waals surface area contributed by atoms with Gasteiger partial charge in [-0.2, -0.15) is 0 Å². The van der Waals surface area contributed by atoms with Crippen LogP contribution in [0.4, 0.5) is 0 Å². The zero-order chi connectivity index (χ0) is 11.8. The van der Waals surface area contributed by atoms with Gasteiger partial charge in [-0.25, -0.2) is 9.97 Å². The summed E-state index contributed by atoms with van der Waals surface area (Å²) in [5, 5.41) is 3.29. The number of nitrogens with zero attached hydrogens (tertiary/aromatic N) is 2. The molecule has 0 saturated carbocycles. The van der Waals surface area contributed by atoms with E-state index in [1.165, 1.54) is 18.3 Å². The van der Waals surface area contributed by atoms with Gasteiger partial charge in [0.15, 0.2) is 10.8 Å². The Morgan fingerprint density at radius 2 is 2.06 bits per heavy atom. The van der Waals surface area contributed by atoms with Crippen molar-refractivity contribution in [2.45, 2.75) is 6.92 Å². The van der Waals surface area contributed by atoms with Crippen LogP contribution in [0.1, 0.15) is 16.7 Å². The maximum atomic E-state index is 11.2. The molecule has 0 aliphatic carbocycles. The third kappa shape index (κ3) is 1.87. The first-order chi connectivity index (χ1) is 8.24. The van der Waals surface area contributed by atoms with Crippen LogP contribution in [-0.2, 0) is 0 Å². The van der Waals surface area contributed by atoms with E-state index in [1.54, 1.807) is 11.3 Å². The fourth-order valence-electron chi connectivity index (χ4n) is 1.52. The van der Waals surface area contributed by atoms with Crippen LogP contribution in [0.25, 0.3) is 20.9 Å². The highest BCUT2D eigenvalue weighted by Gasteiger charge is 2.11. The Hall–Kier alpha value is -1.59. The third-order valence-electron chi connectivity index (χ3n) is 2.32. The summed E-state index contributed by atoms with van der Waals surface area (Å²) in [6, 6.07) is 7.97. The summed E-state index contributed by atoms with van der Waals surface area (Å²) in [5.74, 6) is 0.00219. The normalized spacial score (nSPS) is 10.9. The number of Topliss-reactive ketones (excluding diaryl/α,β-unsaturated/α-hetero) is 1. The standard InChI is InChI=1S/C12H8N2OS2/c1-7(15)11-14-9(6-16-11)12-13-8-4-2-3-5-10(8)17-12/h2-6H,1H3. The molecule has 3 aromatic rings. The number of ketones is 1. The van der Waals surface area contributed by atoms with Crippen LogP contribution in [0.5, 0.6) is 0 Å². The Labute approximate surface area is 106 Å². The zero-order valence-electron chi connectivity index (χ0n) is 9.01. The first-order valence-corrected chi connectivity index (χ1v) is 6.76. The zero-order valence-corrected chi connectivity index (χ0v) is 10.6. The number of para-hydroxylation sites is 1. The number of carbonyl (C=O) groups is 1. The number of aromatic nitrogens is 2. The van der Waals surface area contributed by atoms with Crippen LogP contribution in [0.15, 0.2) is 29.6 Å². The van der Waals surface area contributed by atoms with Crippen LogP contribution in [0.2, 0.25) is 0 Å². The van der Waals surface area contributed by atoms with Crippen molar-refractivity contribution < 1.29 is 4.79 Å². The van der Waals surface area contributed by atoms with Crippen molar-refractivity contribution in [1.29, 1.82) is 0 Å². The monoisotopic (exact) mass is 260 g/mol. The molecule has 1 aromatic carbocycles. The quantitative estimate of drug-likeness (QED) is 0.661. The van der Waals surface area contributed by atoms with Gasteiger partial charge in [0, 0.05) is 12.3 Å². The molecule has 5 heteroatoms. The van der Waals surface area contributed by atoms with Crippen molar-refractivity contribution in [3.63, 3.8) is 0 Å². The molecule has 2 aromatic heterocycles. The smallest absolute Gasteiger partial charge is 0.188 e. The molecular weight excluding hydrogens is 252 g/mol. The third-order valence-corrected chi connectivity index (χ3v) is 4.32. The average Bonchev–Trinajstić information content (AvgIpc) is 2.95. The highest BCUT2D eigenvalue weighted by Crippen LogP contribution is 2.30. The summed E-state index contributed by atoms with van der Waals surface area (Å²) < 4.78 is 1.14. The summed E-state index contributed by atoms with van der Waals surface area (Å²) in [5.41, 5.74) is 1.77. The number of benzene rings is 1. The van der Waals surface area contributed by atoms with Crippen LogP contribution in [0.3, 0.4) is 0 Å². The van der Waals surface area contributed by atoms with E-state index in [0.29, 0.717) is 5.01 Å². The van der Waals surface area contributed by atoms with E-state index in [-0.39, 0.29) is 5.78 Å². The molecule has 0 spiro atoms. The van der Waals surface area contributed by atoms with E-state index < -0.39 is 0 Å². The second-order valence-electron chi connectivity index (χ2n) is 3.58. The molecule has 0 aliphatic rings. The van der Waals surface area contributed by atoms with Crippen LogP contribution in [-0.4, -0.2) is 15.8 Å². The van der Waals surface area contributed by atoms with Gasteiger partial charge >= 0.3 is 0 Å². The molecule has 0 atom stereocenters. The van der Waals surface area contributed by atoms with Gasteiger partial charge in [-0.1, -0.05) is 12.1 Å². The van der Waals surface area contributed by atoms with Gasteiger partial charge in [-0.05, 0) is 12.1 Å². The summed E-state index contributed by atoms with van der Waals surface area (Å²) >= 11 is 2.97. The molecule has 0 bridgehead atoms. The van der Waals surface area contributed by atoms with Crippen LogP contribution in [0, 0.1) is 0 Å². The van der Waals surface area contributed by atoms with Gasteiger partial charge in [0.1, 0.15) is 10.7 Å². The molecule has 0 unspecified atom stereocenters. The molecule has 84 valence electrons. The lowest BCUT2D eigenvalue weighted by Crippen LogP contribution is -1.89. The van der Waals surface area contributed by atoms with Crippen LogP contribution >= 0.6 is 22.7 Å². The summed E-state index contributed by atoms with van der Waals surface area (Å²) in [6.07, 6.45) is 0. The lowest BCUT2D eigenvalue weighted by atomic mass is 10.3. The van der Waals surface area contributed by atoms with Crippen molar-refractivity contribution >= 4 is 38.7 Å². The van der Waals surface area contributed by atoms with E-state index >= 15 is 0 Å². The van der Waals surface area contributed by atoms with E-state index in [1.807, 2.05) is 29.6 Å². The fourth-order valence-corrected chi connectivity index (χ4v) is 3.22. The van der Waals surface area contributed by atoms with E-state index in [0.717, 1.165) is 20.9 Å². The minimum Gasteiger partial charge on any atom is -0.292 e. The second-order valence-corrected chi connectivity index (χ2v) is 5.47. The van der Waals surface area contributed by atoms with E-state index in [9.17, 15) is 4.79 Å². The number of thiazole rings is 2. The molecule has 0 fully saturated rings. The molecule has 2 heterocycles. The van der Waals surface area contributed by atoms with Gasteiger partial charge in [0.05, 0.1) is 10.2 Å². The molecule has 0 amide bonds. The predicted octanol–water partition coefficient (Wildman–Crippen LogP) is 3.62. The molecule has 0 saturated heterocycles. The van der Waals surface area contributed by atoms with Crippen molar-refractivity contribution in [3.8, 4) is 10.7 Å². The SMILES string of the molecule is CC(=O)c1nc(-c2nc3ccccc3s2)cs1. The van der Waals surface area contributed by atoms with Crippen molar-refractivity contribution in [3.05, 3.63) is 34.7 Å². The number of carbonyl (C=O) groups excluding carboxylic acids is 1. The molecule has 17 heavy (non-hydrogen) atoms. The summed E-state index contributed by atoms with van der Waals surface area (Å²) in [7, 11) is 0. The Kier molecular flexibility index (Phi) is 2.49. The first kappa shape index (κ1) is 10.6. The van der Waals surface area contributed by atoms with E-state index in [2.05, 4.69) is 9.97 Å². The second kappa shape index (κ2) is 4.01. The van der Waals surface area contributed by atoms with E-state index in [4.69, 9.17) is 0 Å². The van der Waals surface area contributed by atoms with Gasteiger partial charge in [0.2, 0.25) is 0 Å². The Bertz CT molecular complexity index is 666. The number of hydrogen-bond donors (Lipinski definition) is 0. The van der Waals surface area contributed by atoms with Crippen molar-refractivity contribution in [2.24, 2.45) is 0 Å². The minimum absolute atomic E-state index is 0.00219. The number of hydrogen-bond acceptors (Lipinski definition) is 5. The minimum atomic E-state index is 0.00219. The Morgan fingerprint density at radius 1 is 1.24 bits per heavy atom. The van der Waals surface area contributed by atoms with Gasteiger partial charge in [0.25, 0.3) is 0 Å². The van der Waals surface area contributed by atoms with Crippen molar-refractivity contribution in [2.75, 3.05) is 0 Å². The number of rotatable bonds is 2. The Balaban J connectivity index is 2.10. The molecule has 0 N–H and O–H groups in total. The van der Waals surface area contributed by atoms with Gasteiger partial charge in [-0.15, -0.1) is 22.7 Å². The predicted molar refractivity (Wildman–Crippen MR) is 70.7 cm³/mol. The molecule has 3 nitrogen and oxygen atoms in total. The van der Waals surface area contributed by atoms with Gasteiger partial charge in [-0.3, -0.25) is 4.79 Å². The molecule has 3 rings (SSSR count). The van der Waals surface area contributed by atoms with Crippen LogP contribution < -0.4 is 0 Å².